The lowest BCUT2D eigenvalue weighted by Gasteiger charge is -2.22. The molecule has 0 bridgehead atoms. The van der Waals surface area contributed by atoms with Crippen molar-refractivity contribution in [3.05, 3.63) is 95.2 Å². The maximum Gasteiger partial charge on any atom is 0.416 e. The van der Waals surface area contributed by atoms with Gasteiger partial charge in [-0.25, -0.2) is 4.98 Å². The van der Waals surface area contributed by atoms with Gasteiger partial charge in [0.1, 0.15) is 6.04 Å². The summed E-state index contributed by atoms with van der Waals surface area (Å²) in [5.41, 5.74) is 1.49. The van der Waals surface area contributed by atoms with Gasteiger partial charge < -0.3 is 15.4 Å². The third kappa shape index (κ3) is 6.32. The number of carbonyl (C=O) groups is 1. The molecule has 3 rings (SSSR count). The van der Waals surface area contributed by atoms with Gasteiger partial charge in [-0.3, -0.25) is 4.79 Å². The van der Waals surface area contributed by atoms with E-state index in [1.165, 1.54) is 19.2 Å². The number of aromatic nitrogens is 1. The molecular weight excluding hydrogens is 431 g/mol. The molecule has 2 atom stereocenters. The van der Waals surface area contributed by atoms with E-state index in [4.69, 9.17) is 4.74 Å². The lowest BCUT2D eigenvalue weighted by molar-refractivity contribution is -0.137. The number of ether oxygens (including phenoxy) is 1. The van der Waals surface area contributed by atoms with Crippen molar-refractivity contribution in [3.8, 4) is 5.88 Å². The number of carbonyl (C=O) groups excluding carboxylic acids is 1. The van der Waals surface area contributed by atoms with Crippen LogP contribution in [0.3, 0.4) is 0 Å². The molecule has 1 amide bonds. The van der Waals surface area contributed by atoms with E-state index in [2.05, 4.69) is 15.6 Å². The second-order valence-corrected chi connectivity index (χ2v) is 7.48. The summed E-state index contributed by atoms with van der Waals surface area (Å²) in [6.45, 7) is 0.428. The summed E-state index contributed by atoms with van der Waals surface area (Å²) in [4.78, 5) is 16.9. The third-order valence-corrected chi connectivity index (χ3v) is 5.37. The molecule has 0 radical (unpaired) electrons. The van der Waals surface area contributed by atoms with Crippen LogP contribution in [0.25, 0.3) is 0 Å². The normalized spacial score (nSPS) is 13.2. The molecule has 2 N–H and O–H groups in total. The predicted molar refractivity (Wildman–Crippen MR) is 120 cm³/mol. The lowest BCUT2D eigenvalue weighted by Crippen LogP contribution is -2.36. The molecule has 0 aliphatic heterocycles. The quantitative estimate of drug-likeness (QED) is 0.489. The number of halogens is 3. The SMILES string of the molecule is CNC(=O)[C@@H](NCC[C@@H](c1ccc(C(F)(F)F)cc1)c1cccc(OC)n1)c1ccccc1. The van der Waals surface area contributed by atoms with Crippen molar-refractivity contribution in [3.63, 3.8) is 0 Å². The molecule has 0 spiro atoms. The Morgan fingerprint density at radius 3 is 2.27 bits per heavy atom. The minimum absolute atomic E-state index is 0.174. The highest BCUT2D eigenvalue weighted by Gasteiger charge is 2.30. The van der Waals surface area contributed by atoms with Crippen LogP contribution in [-0.2, 0) is 11.0 Å². The van der Waals surface area contributed by atoms with Crippen molar-refractivity contribution in [2.45, 2.75) is 24.6 Å². The topological polar surface area (TPSA) is 63.2 Å². The maximum absolute atomic E-state index is 13.0. The smallest absolute Gasteiger partial charge is 0.416 e. The van der Waals surface area contributed by atoms with Gasteiger partial charge in [0.25, 0.3) is 0 Å². The fourth-order valence-corrected chi connectivity index (χ4v) is 3.65. The van der Waals surface area contributed by atoms with Crippen LogP contribution in [0.2, 0.25) is 0 Å². The molecule has 2 aromatic carbocycles. The Labute approximate surface area is 191 Å². The second-order valence-electron chi connectivity index (χ2n) is 7.48. The third-order valence-electron chi connectivity index (χ3n) is 5.37. The van der Waals surface area contributed by atoms with Gasteiger partial charge in [-0.1, -0.05) is 48.5 Å². The number of nitrogens with zero attached hydrogens (tertiary/aromatic N) is 1. The molecule has 0 aliphatic rings. The van der Waals surface area contributed by atoms with Gasteiger partial charge in [0.15, 0.2) is 0 Å². The number of hydrogen-bond donors (Lipinski definition) is 2. The molecule has 33 heavy (non-hydrogen) atoms. The Kier molecular flexibility index (Phi) is 8.06. The Bertz CT molecular complexity index is 1040. The van der Waals surface area contributed by atoms with Crippen LogP contribution < -0.4 is 15.4 Å². The van der Waals surface area contributed by atoms with E-state index in [0.717, 1.165) is 17.7 Å². The molecule has 3 aromatic rings. The Hall–Kier alpha value is -3.39. The molecule has 0 saturated heterocycles. The van der Waals surface area contributed by atoms with Crippen molar-refractivity contribution in [2.24, 2.45) is 0 Å². The zero-order chi connectivity index (χ0) is 23.8. The molecule has 174 valence electrons. The largest absolute Gasteiger partial charge is 0.481 e. The molecule has 0 fully saturated rings. The molecule has 0 aliphatic carbocycles. The van der Waals surface area contributed by atoms with Gasteiger partial charge in [0, 0.05) is 19.0 Å². The Balaban J connectivity index is 1.84. The Morgan fingerprint density at radius 1 is 0.970 bits per heavy atom. The fourth-order valence-electron chi connectivity index (χ4n) is 3.65. The fraction of sp³-hybridized carbons (Fsp3) is 0.280. The van der Waals surface area contributed by atoms with Gasteiger partial charge in [0.05, 0.1) is 18.4 Å². The maximum atomic E-state index is 13.0. The van der Waals surface area contributed by atoms with Crippen LogP contribution in [0.1, 0.15) is 40.8 Å². The lowest BCUT2D eigenvalue weighted by atomic mass is 9.91. The zero-order valence-corrected chi connectivity index (χ0v) is 18.4. The first kappa shape index (κ1) is 24.3. The number of nitrogens with one attached hydrogen (secondary N) is 2. The van der Waals surface area contributed by atoms with E-state index in [1.807, 2.05) is 36.4 Å². The van der Waals surface area contributed by atoms with Gasteiger partial charge in [-0.15, -0.1) is 0 Å². The molecule has 5 nitrogen and oxygen atoms in total. The van der Waals surface area contributed by atoms with E-state index in [1.54, 1.807) is 19.2 Å². The summed E-state index contributed by atoms with van der Waals surface area (Å²) in [6, 6.07) is 19.2. The highest BCUT2D eigenvalue weighted by Crippen LogP contribution is 2.33. The van der Waals surface area contributed by atoms with Crippen LogP contribution in [0.15, 0.2) is 72.8 Å². The number of benzene rings is 2. The number of rotatable bonds is 9. The average molecular weight is 457 g/mol. The van der Waals surface area contributed by atoms with Crippen molar-refractivity contribution in [2.75, 3.05) is 20.7 Å². The monoisotopic (exact) mass is 457 g/mol. The molecule has 0 saturated carbocycles. The summed E-state index contributed by atoms with van der Waals surface area (Å²) in [5.74, 6) is -0.0485. The van der Waals surface area contributed by atoms with Crippen molar-refractivity contribution in [1.82, 2.24) is 15.6 Å². The molecule has 0 unspecified atom stereocenters. The number of likely N-dealkylation sites (N-methyl/N-ethyl adjacent to an activating group) is 1. The minimum atomic E-state index is -4.40. The highest BCUT2D eigenvalue weighted by molar-refractivity contribution is 5.82. The van der Waals surface area contributed by atoms with E-state index in [9.17, 15) is 18.0 Å². The van der Waals surface area contributed by atoms with Gasteiger partial charge in [-0.2, -0.15) is 13.2 Å². The number of amides is 1. The first-order valence-corrected chi connectivity index (χ1v) is 10.5. The van der Waals surface area contributed by atoms with E-state index >= 15 is 0 Å². The van der Waals surface area contributed by atoms with Crippen LogP contribution >= 0.6 is 0 Å². The van der Waals surface area contributed by atoms with Crippen LogP contribution in [0.4, 0.5) is 13.2 Å². The molecular formula is C25H26F3N3O2. The average Bonchev–Trinajstić information content (AvgIpc) is 2.84. The van der Waals surface area contributed by atoms with Crippen LogP contribution in [0, 0.1) is 0 Å². The highest BCUT2D eigenvalue weighted by atomic mass is 19.4. The van der Waals surface area contributed by atoms with E-state index in [0.29, 0.717) is 30.1 Å². The van der Waals surface area contributed by atoms with E-state index in [-0.39, 0.29) is 11.8 Å². The number of alkyl halides is 3. The summed E-state index contributed by atoms with van der Waals surface area (Å²) in [5, 5.41) is 5.93. The summed E-state index contributed by atoms with van der Waals surface area (Å²) < 4.78 is 44.3. The standard InChI is InChI=1S/C25H26F3N3O2/c1-29-24(32)23(18-7-4-3-5-8-18)30-16-15-20(21-9-6-10-22(31-21)33-2)17-11-13-19(14-12-17)25(26,27)28/h3-14,20,23,30H,15-16H2,1-2H3,(H,29,32)/t20-,23-/m0/s1. The van der Waals surface area contributed by atoms with Gasteiger partial charge in [0.2, 0.25) is 11.8 Å². The van der Waals surface area contributed by atoms with Crippen LogP contribution in [0.5, 0.6) is 5.88 Å². The molecule has 1 aromatic heterocycles. The minimum Gasteiger partial charge on any atom is -0.481 e. The number of methoxy groups -OCH3 is 1. The van der Waals surface area contributed by atoms with Crippen molar-refractivity contribution in [1.29, 1.82) is 0 Å². The number of pyridine rings is 1. The summed E-state index contributed by atoms with van der Waals surface area (Å²) >= 11 is 0. The molecule has 1 heterocycles. The first-order valence-electron chi connectivity index (χ1n) is 10.5. The number of hydrogen-bond acceptors (Lipinski definition) is 4. The second kappa shape index (κ2) is 11.0. The van der Waals surface area contributed by atoms with Crippen LogP contribution in [-0.4, -0.2) is 31.6 Å². The van der Waals surface area contributed by atoms with Crippen molar-refractivity contribution < 1.29 is 22.7 Å². The Morgan fingerprint density at radius 2 is 1.67 bits per heavy atom. The summed E-state index contributed by atoms with van der Waals surface area (Å²) in [7, 11) is 3.08. The van der Waals surface area contributed by atoms with E-state index < -0.39 is 17.8 Å². The zero-order valence-electron chi connectivity index (χ0n) is 18.4. The van der Waals surface area contributed by atoms with Gasteiger partial charge in [-0.05, 0) is 42.3 Å². The van der Waals surface area contributed by atoms with Crippen molar-refractivity contribution >= 4 is 5.91 Å². The predicted octanol–water partition coefficient (Wildman–Crippen LogP) is 4.71. The van der Waals surface area contributed by atoms with Gasteiger partial charge >= 0.3 is 6.18 Å². The molecule has 8 heteroatoms. The summed E-state index contributed by atoms with van der Waals surface area (Å²) in [6.07, 6.45) is -3.90. The first-order chi connectivity index (χ1) is 15.8.